The smallest absolute Gasteiger partial charge is 0.163 e. The molecule has 20 heavy (non-hydrogen) atoms. The van der Waals surface area contributed by atoms with Crippen molar-refractivity contribution in [2.75, 3.05) is 30.8 Å². The van der Waals surface area contributed by atoms with Crippen LogP contribution in [0.3, 0.4) is 0 Å². The molecule has 0 aromatic heterocycles. The Labute approximate surface area is 119 Å². The predicted octanol–water partition coefficient (Wildman–Crippen LogP) is 2.15. The molecule has 0 unspecified atom stereocenters. The predicted molar refractivity (Wildman–Crippen MR) is 78.4 cm³/mol. The monoisotopic (exact) mass is 278 g/mol. The first-order valence-electron chi connectivity index (χ1n) is 7.32. The highest BCUT2D eigenvalue weighted by Crippen LogP contribution is 2.37. The van der Waals surface area contributed by atoms with Crippen LogP contribution < -0.4 is 20.5 Å². The Kier molecular flexibility index (Phi) is 3.61. The second-order valence-electron chi connectivity index (χ2n) is 5.72. The van der Waals surface area contributed by atoms with Crippen LogP contribution >= 0.6 is 0 Å². The molecule has 5 nitrogen and oxygen atoms in total. The largest absolute Gasteiger partial charge is 0.486 e. The quantitative estimate of drug-likeness (QED) is 0.739. The summed E-state index contributed by atoms with van der Waals surface area (Å²) in [5, 5.41) is 13.8. The van der Waals surface area contributed by atoms with Gasteiger partial charge in [0.2, 0.25) is 0 Å². The standard InChI is InChI=1S/C15H22N2O3/c16-11-8-13-14(20-7-6-19-13)9-12(11)17-10-15(18)4-2-1-3-5-15/h8-9,17-18H,1-7,10,16H2. The fraction of sp³-hybridized carbons (Fsp3) is 0.600. The highest BCUT2D eigenvalue weighted by atomic mass is 16.6. The van der Waals surface area contributed by atoms with Crippen molar-refractivity contribution in [2.45, 2.75) is 37.7 Å². The molecule has 1 fully saturated rings. The zero-order valence-corrected chi connectivity index (χ0v) is 11.7. The maximum Gasteiger partial charge on any atom is 0.163 e. The number of aliphatic hydroxyl groups is 1. The summed E-state index contributed by atoms with van der Waals surface area (Å²) in [4.78, 5) is 0. The average Bonchev–Trinajstić information content (AvgIpc) is 2.46. The fourth-order valence-electron chi connectivity index (χ4n) is 2.90. The number of hydrogen-bond donors (Lipinski definition) is 3. The van der Waals surface area contributed by atoms with Gasteiger partial charge in [0.05, 0.1) is 17.0 Å². The molecular weight excluding hydrogens is 256 g/mol. The van der Waals surface area contributed by atoms with Crippen molar-refractivity contribution >= 4 is 11.4 Å². The van der Waals surface area contributed by atoms with Crippen LogP contribution in [0.1, 0.15) is 32.1 Å². The van der Waals surface area contributed by atoms with Gasteiger partial charge in [-0.3, -0.25) is 0 Å². The molecule has 4 N–H and O–H groups in total. The van der Waals surface area contributed by atoms with Gasteiger partial charge in [-0.05, 0) is 12.8 Å². The Balaban J connectivity index is 1.70. The lowest BCUT2D eigenvalue weighted by molar-refractivity contribution is 0.0167. The molecule has 110 valence electrons. The molecule has 1 heterocycles. The molecule has 1 saturated carbocycles. The highest BCUT2D eigenvalue weighted by molar-refractivity contribution is 5.72. The summed E-state index contributed by atoms with van der Waals surface area (Å²) in [7, 11) is 0. The highest BCUT2D eigenvalue weighted by Gasteiger charge is 2.29. The van der Waals surface area contributed by atoms with Crippen LogP contribution in [0.2, 0.25) is 0 Å². The molecule has 1 aromatic carbocycles. The maximum absolute atomic E-state index is 10.5. The summed E-state index contributed by atoms with van der Waals surface area (Å²) in [6.45, 7) is 1.64. The van der Waals surface area contributed by atoms with E-state index in [0.29, 0.717) is 36.9 Å². The van der Waals surface area contributed by atoms with Gasteiger partial charge in [0.1, 0.15) is 13.2 Å². The topological polar surface area (TPSA) is 76.7 Å². The lowest BCUT2D eigenvalue weighted by Crippen LogP contribution is -2.38. The van der Waals surface area contributed by atoms with Gasteiger partial charge in [-0.15, -0.1) is 0 Å². The maximum atomic E-state index is 10.5. The van der Waals surface area contributed by atoms with Crippen molar-refractivity contribution in [2.24, 2.45) is 0 Å². The van der Waals surface area contributed by atoms with E-state index in [-0.39, 0.29) is 0 Å². The van der Waals surface area contributed by atoms with Crippen molar-refractivity contribution in [1.29, 1.82) is 0 Å². The Morgan fingerprint density at radius 3 is 2.45 bits per heavy atom. The third-order valence-corrected chi connectivity index (χ3v) is 4.11. The molecule has 0 bridgehead atoms. The molecule has 0 atom stereocenters. The number of nitrogens with two attached hydrogens (primary N) is 1. The van der Waals surface area contributed by atoms with E-state index in [0.717, 1.165) is 31.4 Å². The van der Waals surface area contributed by atoms with Gasteiger partial charge in [-0.25, -0.2) is 0 Å². The molecule has 1 aliphatic heterocycles. The molecule has 0 saturated heterocycles. The number of hydrogen-bond acceptors (Lipinski definition) is 5. The van der Waals surface area contributed by atoms with Crippen LogP contribution in [0.4, 0.5) is 11.4 Å². The normalized spacial score (nSPS) is 20.4. The Bertz CT molecular complexity index is 484. The first kappa shape index (κ1) is 13.4. The van der Waals surface area contributed by atoms with Gasteiger partial charge in [-0.1, -0.05) is 19.3 Å². The van der Waals surface area contributed by atoms with Crippen molar-refractivity contribution in [3.63, 3.8) is 0 Å². The Morgan fingerprint density at radius 2 is 1.75 bits per heavy atom. The number of anilines is 2. The van der Waals surface area contributed by atoms with E-state index in [4.69, 9.17) is 15.2 Å². The van der Waals surface area contributed by atoms with Gasteiger partial charge in [0.25, 0.3) is 0 Å². The first-order chi connectivity index (χ1) is 9.66. The van der Waals surface area contributed by atoms with Gasteiger partial charge >= 0.3 is 0 Å². The summed E-state index contributed by atoms with van der Waals surface area (Å²) in [5.41, 5.74) is 6.83. The van der Waals surface area contributed by atoms with Gasteiger partial charge in [-0.2, -0.15) is 0 Å². The minimum Gasteiger partial charge on any atom is -0.486 e. The van der Waals surface area contributed by atoms with Gasteiger partial charge in [0, 0.05) is 18.7 Å². The zero-order chi connectivity index (χ0) is 14.0. The first-order valence-corrected chi connectivity index (χ1v) is 7.32. The number of nitrogens with one attached hydrogen (secondary N) is 1. The minimum atomic E-state index is -0.613. The number of ether oxygens (including phenoxy) is 2. The summed E-state index contributed by atoms with van der Waals surface area (Å²) in [6, 6.07) is 3.64. The van der Waals surface area contributed by atoms with E-state index in [2.05, 4.69) is 5.32 Å². The Hall–Kier alpha value is -1.62. The van der Waals surface area contributed by atoms with E-state index in [9.17, 15) is 5.11 Å². The zero-order valence-electron chi connectivity index (χ0n) is 11.7. The molecule has 2 aliphatic rings. The molecule has 0 radical (unpaired) electrons. The summed E-state index contributed by atoms with van der Waals surface area (Å²) in [6.07, 6.45) is 5.10. The SMILES string of the molecule is Nc1cc2c(cc1NCC1(O)CCCCC1)OCCO2. The van der Waals surface area contributed by atoms with E-state index in [1.165, 1.54) is 6.42 Å². The Morgan fingerprint density at radius 1 is 1.10 bits per heavy atom. The number of rotatable bonds is 3. The third kappa shape index (κ3) is 2.77. The molecule has 0 spiro atoms. The van der Waals surface area contributed by atoms with Crippen molar-refractivity contribution in [3.05, 3.63) is 12.1 Å². The van der Waals surface area contributed by atoms with Crippen LogP contribution in [-0.4, -0.2) is 30.5 Å². The van der Waals surface area contributed by atoms with E-state index in [1.807, 2.05) is 6.07 Å². The van der Waals surface area contributed by atoms with Crippen LogP contribution in [-0.2, 0) is 0 Å². The lowest BCUT2D eigenvalue weighted by Gasteiger charge is -2.32. The summed E-state index contributed by atoms with van der Waals surface area (Å²) >= 11 is 0. The lowest BCUT2D eigenvalue weighted by atomic mass is 9.85. The molecular formula is C15H22N2O3. The number of fused-ring (bicyclic) bond motifs is 1. The second kappa shape index (κ2) is 5.40. The van der Waals surface area contributed by atoms with E-state index >= 15 is 0 Å². The van der Waals surface area contributed by atoms with Crippen LogP contribution in [0, 0.1) is 0 Å². The molecule has 0 amide bonds. The van der Waals surface area contributed by atoms with Crippen LogP contribution in [0.5, 0.6) is 11.5 Å². The van der Waals surface area contributed by atoms with Crippen molar-refractivity contribution < 1.29 is 14.6 Å². The molecule has 5 heteroatoms. The molecule has 1 aliphatic carbocycles. The summed E-state index contributed by atoms with van der Waals surface area (Å²) in [5.74, 6) is 1.40. The van der Waals surface area contributed by atoms with E-state index in [1.54, 1.807) is 6.07 Å². The number of nitrogen functional groups attached to an aromatic ring is 1. The average molecular weight is 278 g/mol. The second-order valence-corrected chi connectivity index (χ2v) is 5.72. The van der Waals surface area contributed by atoms with Crippen LogP contribution in [0.15, 0.2) is 12.1 Å². The summed E-state index contributed by atoms with van der Waals surface area (Å²) < 4.78 is 11.0. The van der Waals surface area contributed by atoms with Gasteiger partial charge in [0.15, 0.2) is 11.5 Å². The fourth-order valence-corrected chi connectivity index (χ4v) is 2.90. The minimum absolute atomic E-state index is 0.525. The molecule has 3 rings (SSSR count). The van der Waals surface area contributed by atoms with Crippen LogP contribution in [0.25, 0.3) is 0 Å². The number of benzene rings is 1. The van der Waals surface area contributed by atoms with Crippen molar-refractivity contribution in [1.82, 2.24) is 0 Å². The third-order valence-electron chi connectivity index (χ3n) is 4.11. The van der Waals surface area contributed by atoms with Crippen molar-refractivity contribution in [3.8, 4) is 11.5 Å². The van der Waals surface area contributed by atoms with Gasteiger partial charge < -0.3 is 25.6 Å². The van der Waals surface area contributed by atoms with E-state index < -0.39 is 5.60 Å². The molecule has 1 aromatic rings.